The number of thiocarbonyl (C=S) groups is 1. The zero-order valence-electron chi connectivity index (χ0n) is 15.8. The Morgan fingerprint density at radius 2 is 2.14 bits per heavy atom. The Balaban J connectivity index is 1.61. The van der Waals surface area contributed by atoms with Gasteiger partial charge in [0.25, 0.3) is 11.1 Å². The van der Waals surface area contributed by atoms with Crippen LogP contribution in [-0.4, -0.2) is 54.0 Å². The molecule has 1 aromatic rings. The van der Waals surface area contributed by atoms with E-state index in [1.54, 1.807) is 25.3 Å². The first-order valence-corrected chi connectivity index (χ1v) is 10.3. The molecule has 28 heavy (non-hydrogen) atoms. The monoisotopic (exact) mass is 421 g/mol. The molecule has 2 N–H and O–H groups in total. The number of imide groups is 1. The van der Waals surface area contributed by atoms with E-state index < -0.39 is 0 Å². The molecule has 0 spiro atoms. The number of carbonyl (C=O) groups excluding carboxylic acids is 2. The van der Waals surface area contributed by atoms with Gasteiger partial charge in [-0.25, -0.2) is 0 Å². The average molecular weight is 422 g/mol. The minimum absolute atomic E-state index is 0.265. The number of methoxy groups -OCH3 is 1. The van der Waals surface area contributed by atoms with Crippen LogP contribution in [0, 0.1) is 0 Å². The Kier molecular flexibility index (Phi) is 6.79. The van der Waals surface area contributed by atoms with E-state index in [4.69, 9.17) is 21.7 Å². The van der Waals surface area contributed by atoms with Gasteiger partial charge in [0.05, 0.1) is 18.6 Å². The van der Waals surface area contributed by atoms with Crippen molar-refractivity contribution in [1.29, 1.82) is 0 Å². The van der Waals surface area contributed by atoms with Gasteiger partial charge in [-0.2, -0.15) is 0 Å². The summed E-state index contributed by atoms with van der Waals surface area (Å²) >= 11 is 6.12. The fraction of sp³-hybridized carbons (Fsp3) is 0.421. The lowest BCUT2D eigenvalue weighted by atomic mass is 10.2. The van der Waals surface area contributed by atoms with E-state index in [0.29, 0.717) is 40.7 Å². The molecule has 150 valence electrons. The number of hydrogen-bond donors (Lipinski definition) is 2. The van der Waals surface area contributed by atoms with Crippen LogP contribution in [-0.2, 0) is 4.79 Å². The fourth-order valence-electron chi connectivity index (χ4n) is 2.64. The summed E-state index contributed by atoms with van der Waals surface area (Å²) in [7, 11) is 1.56. The van der Waals surface area contributed by atoms with Crippen molar-refractivity contribution in [3.8, 4) is 11.5 Å². The van der Waals surface area contributed by atoms with Crippen molar-refractivity contribution in [1.82, 2.24) is 15.5 Å². The molecule has 0 atom stereocenters. The minimum Gasteiger partial charge on any atom is -0.493 e. The fourth-order valence-corrected chi connectivity index (χ4v) is 3.77. The quantitative estimate of drug-likeness (QED) is 0.490. The summed E-state index contributed by atoms with van der Waals surface area (Å²) in [4.78, 5) is 26.4. The number of rotatable bonds is 8. The Bertz CT molecular complexity index is 808. The first-order chi connectivity index (χ1) is 13.5. The maximum absolute atomic E-state index is 12.6. The van der Waals surface area contributed by atoms with Gasteiger partial charge in [0.1, 0.15) is 0 Å². The van der Waals surface area contributed by atoms with Gasteiger partial charge < -0.3 is 20.1 Å². The molecule has 2 aliphatic rings. The Morgan fingerprint density at radius 1 is 1.36 bits per heavy atom. The lowest BCUT2D eigenvalue weighted by Crippen LogP contribution is -2.42. The van der Waals surface area contributed by atoms with Crippen molar-refractivity contribution in [3.05, 3.63) is 28.7 Å². The van der Waals surface area contributed by atoms with Gasteiger partial charge >= 0.3 is 0 Å². The van der Waals surface area contributed by atoms with Gasteiger partial charge in [0.2, 0.25) is 0 Å². The number of nitrogens with zero attached hydrogens (tertiary/aromatic N) is 1. The van der Waals surface area contributed by atoms with E-state index in [1.807, 2.05) is 13.0 Å². The van der Waals surface area contributed by atoms with E-state index >= 15 is 0 Å². The van der Waals surface area contributed by atoms with E-state index in [2.05, 4.69) is 10.6 Å². The van der Waals surface area contributed by atoms with E-state index in [1.165, 1.54) is 4.90 Å². The first kappa shape index (κ1) is 20.5. The summed E-state index contributed by atoms with van der Waals surface area (Å²) in [6.07, 6.45) is 3.95. The minimum atomic E-state index is -0.300. The lowest BCUT2D eigenvalue weighted by Gasteiger charge is -2.14. The maximum Gasteiger partial charge on any atom is 0.293 e. The van der Waals surface area contributed by atoms with Crippen molar-refractivity contribution < 1.29 is 19.1 Å². The van der Waals surface area contributed by atoms with Crippen molar-refractivity contribution in [2.75, 3.05) is 26.8 Å². The van der Waals surface area contributed by atoms with Crippen LogP contribution in [0.1, 0.15) is 25.3 Å². The van der Waals surface area contributed by atoms with Crippen molar-refractivity contribution >= 4 is 46.3 Å². The number of carbonyl (C=O) groups is 2. The van der Waals surface area contributed by atoms with Crippen LogP contribution in [0.25, 0.3) is 6.08 Å². The third-order valence-corrected chi connectivity index (χ3v) is 5.36. The number of ether oxygens (including phenoxy) is 2. The molecule has 2 amide bonds. The van der Waals surface area contributed by atoms with E-state index in [0.717, 1.165) is 30.2 Å². The first-order valence-electron chi connectivity index (χ1n) is 9.12. The summed E-state index contributed by atoms with van der Waals surface area (Å²) in [5.74, 6) is 0.915. The van der Waals surface area contributed by atoms with Crippen LogP contribution >= 0.6 is 24.0 Å². The smallest absolute Gasteiger partial charge is 0.293 e. The molecule has 0 radical (unpaired) electrons. The normalized spacial score (nSPS) is 17.8. The molecular formula is C19H23N3O4S2. The summed E-state index contributed by atoms with van der Waals surface area (Å²) < 4.78 is 10.8. The second kappa shape index (κ2) is 9.29. The Hall–Kier alpha value is -2.26. The van der Waals surface area contributed by atoms with E-state index in [-0.39, 0.29) is 17.7 Å². The van der Waals surface area contributed by atoms with Crippen LogP contribution in [0.2, 0.25) is 0 Å². The molecule has 3 rings (SSSR count). The summed E-state index contributed by atoms with van der Waals surface area (Å²) in [5.41, 5.74) is 0.763. The molecular weight excluding hydrogens is 398 g/mol. The molecule has 9 heteroatoms. The Labute approximate surface area is 173 Å². The van der Waals surface area contributed by atoms with Crippen LogP contribution in [0.15, 0.2) is 23.1 Å². The molecule has 1 saturated carbocycles. The zero-order valence-corrected chi connectivity index (χ0v) is 17.5. The topological polar surface area (TPSA) is 79.9 Å². The van der Waals surface area contributed by atoms with Gasteiger partial charge in [-0.15, -0.1) is 0 Å². The van der Waals surface area contributed by atoms with Crippen LogP contribution in [0.3, 0.4) is 0 Å². The number of benzene rings is 1. The molecule has 0 bridgehead atoms. The standard InChI is InChI=1S/C19H23N3O4S2/c1-3-26-14-7-4-12(10-15(14)25-2)11-16-17(23)22(19(24)28-16)9-8-20-18(27)21-13-5-6-13/h4,7,10-11,13H,3,5-6,8-9H2,1-2H3,(H2,20,21,27)/b16-11-. The highest BCUT2D eigenvalue weighted by Gasteiger charge is 2.34. The molecule has 1 aliphatic carbocycles. The molecule has 1 heterocycles. The van der Waals surface area contributed by atoms with Gasteiger partial charge in [-0.3, -0.25) is 14.5 Å². The van der Waals surface area contributed by atoms with Gasteiger partial charge in [0.15, 0.2) is 16.6 Å². The van der Waals surface area contributed by atoms with Crippen molar-refractivity contribution in [3.63, 3.8) is 0 Å². The van der Waals surface area contributed by atoms with Crippen molar-refractivity contribution in [2.24, 2.45) is 0 Å². The summed E-state index contributed by atoms with van der Waals surface area (Å²) in [6, 6.07) is 5.86. The van der Waals surface area contributed by atoms with Crippen LogP contribution in [0.4, 0.5) is 4.79 Å². The number of hydrogen-bond acceptors (Lipinski definition) is 6. The molecule has 2 fully saturated rings. The Morgan fingerprint density at radius 3 is 2.82 bits per heavy atom. The third kappa shape index (κ3) is 5.17. The molecule has 7 nitrogen and oxygen atoms in total. The maximum atomic E-state index is 12.6. The predicted molar refractivity (Wildman–Crippen MR) is 114 cm³/mol. The lowest BCUT2D eigenvalue weighted by molar-refractivity contribution is -0.122. The zero-order chi connectivity index (χ0) is 20.1. The van der Waals surface area contributed by atoms with Gasteiger partial charge in [-0.05, 0) is 67.5 Å². The SMILES string of the molecule is CCOc1ccc(/C=C2\SC(=O)N(CCNC(=S)NC3CC3)C2=O)cc1OC. The largest absolute Gasteiger partial charge is 0.493 e. The van der Waals surface area contributed by atoms with Gasteiger partial charge in [-0.1, -0.05) is 6.07 Å². The highest BCUT2D eigenvalue weighted by atomic mass is 32.2. The average Bonchev–Trinajstić information content (AvgIpc) is 3.44. The second-order valence-electron chi connectivity index (χ2n) is 6.35. The molecule has 0 aromatic heterocycles. The molecule has 1 aliphatic heterocycles. The van der Waals surface area contributed by atoms with Crippen LogP contribution < -0.4 is 20.1 Å². The number of thioether (sulfide) groups is 1. The number of nitrogens with one attached hydrogen (secondary N) is 2. The van der Waals surface area contributed by atoms with Crippen LogP contribution in [0.5, 0.6) is 11.5 Å². The second-order valence-corrected chi connectivity index (χ2v) is 7.75. The predicted octanol–water partition coefficient (Wildman–Crippen LogP) is 2.76. The third-order valence-electron chi connectivity index (χ3n) is 4.19. The molecule has 1 saturated heterocycles. The van der Waals surface area contributed by atoms with Gasteiger partial charge in [0, 0.05) is 19.1 Å². The molecule has 0 unspecified atom stereocenters. The summed E-state index contributed by atoms with van der Waals surface area (Å²) in [5, 5.41) is 6.48. The molecule has 1 aromatic carbocycles. The highest BCUT2D eigenvalue weighted by molar-refractivity contribution is 8.18. The summed E-state index contributed by atoms with van der Waals surface area (Å²) in [6.45, 7) is 3.11. The number of amides is 2. The van der Waals surface area contributed by atoms with Crippen molar-refractivity contribution in [2.45, 2.75) is 25.8 Å². The van der Waals surface area contributed by atoms with E-state index in [9.17, 15) is 9.59 Å². The highest BCUT2D eigenvalue weighted by Crippen LogP contribution is 2.34.